The Balaban J connectivity index is 1.69. The first-order valence-electron chi connectivity index (χ1n) is 7.34. The molecule has 0 spiro atoms. The van der Waals surface area contributed by atoms with E-state index in [-0.39, 0.29) is 12.1 Å². The number of carbonyl (C=O) groups excluding carboxylic acids is 1. The molecule has 1 N–H and O–H groups in total. The van der Waals surface area contributed by atoms with Crippen molar-refractivity contribution in [1.29, 1.82) is 0 Å². The van der Waals surface area contributed by atoms with Crippen molar-refractivity contribution in [2.24, 2.45) is 0 Å². The molecule has 23 heavy (non-hydrogen) atoms. The highest BCUT2D eigenvalue weighted by molar-refractivity contribution is 6.01. The molecule has 6 heteroatoms. The van der Waals surface area contributed by atoms with E-state index in [1.165, 1.54) is 0 Å². The largest absolute Gasteiger partial charge is 0.359 e. The van der Waals surface area contributed by atoms with Gasteiger partial charge < -0.3 is 10.2 Å². The Labute approximate surface area is 133 Å². The molecule has 0 saturated carbocycles. The molecule has 0 radical (unpaired) electrons. The van der Waals surface area contributed by atoms with Gasteiger partial charge in [0, 0.05) is 12.7 Å². The number of hydrogen-bond acceptors (Lipinski definition) is 4. The third kappa shape index (κ3) is 2.24. The van der Waals surface area contributed by atoms with Crippen LogP contribution in [0.15, 0.2) is 60.8 Å². The topological polar surface area (TPSA) is 63.1 Å². The third-order valence-electron chi connectivity index (χ3n) is 3.93. The second-order valence-corrected chi connectivity index (χ2v) is 5.40. The van der Waals surface area contributed by atoms with Crippen molar-refractivity contribution >= 4 is 11.6 Å². The van der Waals surface area contributed by atoms with E-state index >= 15 is 0 Å². The summed E-state index contributed by atoms with van der Waals surface area (Å²) in [5.41, 5.74) is 3.06. The second-order valence-electron chi connectivity index (χ2n) is 5.40. The van der Waals surface area contributed by atoms with Crippen LogP contribution in [0.4, 0.5) is 5.69 Å². The molecule has 1 unspecified atom stereocenters. The first-order chi connectivity index (χ1) is 11.2. The molecule has 0 saturated heterocycles. The maximum Gasteiger partial charge on any atom is 0.257 e. The van der Waals surface area contributed by atoms with Gasteiger partial charge in [0.15, 0.2) is 0 Å². The molecule has 114 valence electrons. The summed E-state index contributed by atoms with van der Waals surface area (Å²) in [6.07, 6.45) is 1.34. The van der Waals surface area contributed by atoms with Crippen molar-refractivity contribution in [3.05, 3.63) is 72.1 Å². The number of rotatable bonds is 2. The number of fused-ring (bicyclic) bond motifs is 1. The number of nitrogens with zero attached hydrogens (tertiary/aromatic N) is 4. The van der Waals surface area contributed by atoms with Gasteiger partial charge in [0.2, 0.25) is 0 Å². The lowest BCUT2D eigenvalue weighted by Crippen LogP contribution is -2.40. The highest BCUT2D eigenvalue weighted by atomic mass is 16.2. The van der Waals surface area contributed by atoms with E-state index < -0.39 is 0 Å². The van der Waals surface area contributed by atoms with E-state index in [9.17, 15) is 4.79 Å². The standard InChI is InChI=1S/C17H15N5O/c1-21-16(19-14-10-6-5-9-13(14)17(21)23)15-11-18-22(20-15)12-7-3-2-4-8-12/h2-11,16,19H,1H3. The normalized spacial score (nSPS) is 16.8. The van der Waals surface area contributed by atoms with Gasteiger partial charge in [-0.2, -0.15) is 9.90 Å². The molecule has 2 heterocycles. The molecule has 0 aliphatic carbocycles. The first-order valence-corrected chi connectivity index (χ1v) is 7.34. The van der Waals surface area contributed by atoms with Crippen molar-refractivity contribution in [3.63, 3.8) is 0 Å². The molecule has 2 aromatic carbocycles. The van der Waals surface area contributed by atoms with Crippen LogP contribution in [0.5, 0.6) is 0 Å². The van der Waals surface area contributed by atoms with Crippen LogP contribution in [0.3, 0.4) is 0 Å². The van der Waals surface area contributed by atoms with Crippen molar-refractivity contribution in [3.8, 4) is 5.69 Å². The summed E-state index contributed by atoms with van der Waals surface area (Å²) in [7, 11) is 1.76. The van der Waals surface area contributed by atoms with E-state index in [2.05, 4.69) is 15.5 Å². The predicted octanol–water partition coefficient (Wildman–Crippen LogP) is 2.46. The van der Waals surface area contributed by atoms with Crippen molar-refractivity contribution < 1.29 is 4.79 Å². The Morgan fingerprint density at radius 2 is 1.78 bits per heavy atom. The molecule has 1 amide bonds. The van der Waals surface area contributed by atoms with Crippen LogP contribution in [0, 0.1) is 0 Å². The minimum Gasteiger partial charge on any atom is -0.359 e. The minimum atomic E-state index is -0.338. The van der Waals surface area contributed by atoms with Gasteiger partial charge in [-0.15, -0.1) is 5.10 Å². The number of anilines is 1. The number of hydrogen-bond donors (Lipinski definition) is 1. The van der Waals surface area contributed by atoms with Crippen molar-refractivity contribution in [1.82, 2.24) is 19.9 Å². The minimum absolute atomic E-state index is 0.0291. The van der Waals surface area contributed by atoms with E-state index in [0.29, 0.717) is 11.3 Å². The molecule has 1 atom stereocenters. The average Bonchev–Trinajstić information content (AvgIpc) is 3.09. The van der Waals surface area contributed by atoms with Crippen molar-refractivity contribution in [2.75, 3.05) is 12.4 Å². The van der Waals surface area contributed by atoms with Crippen LogP contribution >= 0.6 is 0 Å². The van der Waals surface area contributed by atoms with Gasteiger partial charge in [0.05, 0.1) is 17.4 Å². The summed E-state index contributed by atoms with van der Waals surface area (Å²) in [4.78, 5) is 15.7. The van der Waals surface area contributed by atoms with E-state index in [4.69, 9.17) is 0 Å². The molecular formula is C17H15N5O. The summed E-state index contributed by atoms with van der Waals surface area (Å²) in [5, 5.41) is 12.2. The number of para-hydroxylation sites is 2. The van der Waals surface area contributed by atoms with Crippen LogP contribution in [-0.4, -0.2) is 32.8 Å². The SMILES string of the molecule is CN1C(=O)c2ccccc2NC1c1cnn(-c2ccccc2)n1. The van der Waals surface area contributed by atoms with Gasteiger partial charge in [0.25, 0.3) is 5.91 Å². The number of nitrogens with one attached hydrogen (secondary N) is 1. The van der Waals surface area contributed by atoms with E-state index in [1.807, 2.05) is 54.6 Å². The molecule has 3 aromatic rings. The van der Waals surface area contributed by atoms with E-state index in [1.54, 1.807) is 22.9 Å². The first kappa shape index (κ1) is 13.5. The summed E-state index contributed by atoms with van der Waals surface area (Å²) in [5.74, 6) is -0.0291. The Bertz CT molecular complexity index is 858. The van der Waals surface area contributed by atoms with Crippen LogP contribution in [0.2, 0.25) is 0 Å². The quantitative estimate of drug-likeness (QED) is 0.790. The predicted molar refractivity (Wildman–Crippen MR) is 86.3 cm³/mol. The Morgan fingerprint density at radius 3 is 2.61 bits per heavy atom. The number of carbonyl (C=O) groups is 1. The zero-order valence-electron chi connectivity index (χ0n) is 12.5. The summed E-state index contributed by atoms with van der Waals surface area (Å²) >= 11 is 0. The van der Waals surface area contributed by atoms with Crippen LogP contribution < -0.4 is 5.32 Å². The molecule has 1 aliphatic rings. The Morgan fingerprint density at radius 1 is 1.04 bits per heavy atom. The summed E-state index contributed by atoms with van der Waals surface area (Å²) in [6.45, 7) is 0. The van der Waals surface area contributed by atoms with Gasteiger partial charge in [-0.1, -0.05) is 30.3 Å². The third-order valence-corrected chi connectivity index (χ3v) is 3.93. The molecule has 6 nitrogen and oxygen atoms in total. The highest BCUT2D eigenvalue weighted by Gasteiger charge is 2.31. The van der Waals surface area contributed by atoms with Gasteiger partial charge in [0.1, 0.15) is 11.9 Å². The van der Waals surface area contributed by atoms with Gasteiger partial charge >= 0.3 is 0 Å². The number of amides is 1. The molecule has 0 fully saturated rings. The lowest BCUT2D eigenvalue weighted by atomic mass is 10.1. The fourth-order valence-corrected chi connectivity index (χ4v) is 2.71. The molecule has 4 rings (SSSR count). The van der Waals surface area contributed by atoms with Crippen LogP contribution in [-0.2, 0) is 0 Å². The number of aromatic nitrogens is 3. The van der Waals surface area contributed by atoms with Crippen LogP contribution in [0.1, 0.15) is 22.2 Å². The van der Waals surface area contributed by atoms with Gasteiger partial charge in [-0.05, 0) is 24.3 Å². The summed E-state index contributed by atoms with van der Waals surface area (Å²) < 4.78 is 0. The smallest absolute Gasteiger partial charge is 0.257 e. The monoisotopic (exact) mass is 305 g/mol. The lowest BCUT2D eigenvalue weighted by molar-refractivity contribution is 0.0732. The fourth-order valence-electron chi connectivity index (χ4n) is 2.71. The zero-order valence-corrected chi connectivity index (χ0v) is 12.5. The Hall–Kier alpha value is -3.15. The zero-order chi connectivity index (χ0) is 15.8. The lowest BCUT2D eigenvalue weighted by Gasteiger charge is -2.33. The highest BCUT2D eigenvalue weighted by Crippen LogP contribution is 2.30. The van der Waals surface area contributed by atoms with Crippen LogP contribution in [0.25, 0.3) is 5.69 Å². The molecule has 1 aliphatic heterocycles. The average molecular weight is 305 g/mol. The van der Waals surface area contributed by atoms with E-state index in [0.717, 1.165) is 11.4 Å². The van der Waals surface area contributed by atoms with Gasteiger partial charge in [-0.3, -0.25) is 4.79 Å². The molecule has 1 aromatic heterocycles. The molecule has 0 bridgehead atoms. The Kier molecular flexibility index (Phi) is 3.08. The summed E-state index contributed by atoms with van der Waals surface area (Å²) in [6, 6.07) is 17.2. The number of benzene rings is 2. The fraction of sp³-hybridized carbons (Fsp3) is 0.118. The maximum absolute atomic E-state index is 12.5. The van der Waals surface area contributed by atoms with Crippen molar-refractivity contribution in [2.45, 2.75) is 6.17 Å². The second kappa shape index (κ2) is 5.24. The van der Waals surface area contributed by atoms with Gasteiger partial charge in [-0.25, -0.2) is 0 Å². The maximum atomic E-state index is 12.5. The molecular weight excluding hydrogens is 290 g/mol.